The normalized spacial score (nSPS) is 16.0. The molecule has 1 amide bonds. The number of amides is 1. The zero-order chi connectivity index (χ0) is 15.7. The fraction of sp³-hybridized carbons (Fsp3) is 0.294. The van der Waals surface area contributed by atoms with Crippen LogP contribution in [0.4, 0.5) is 0 Å². The summed E-state index contributed by atoms with van der Waals surface area (Å²) >= 11 is 0. The fourth-order valence-electron chi connectivity index (χ4n) is 2.60. The van der Waals surface area contributed by atoms with E-state index in [9.17, 15) is 9.59 Å². The number of hydrogen-bond acceptors (Lipinski definition) is 3. The van der Waals surface area contributed by atoms with Crippen LogP contribution in [0.1, 0.15) is 28.4 Å². The second-order valence-electron chi connectivity index (χ2n) is 5.62. The molecule has 0 radical (unpaired) electrons. The number of aryl methyl sites for hydroxylation is 1. The van der Waals surface area contributed by atoms with Crippen LogP contribution in [0.2, 0.25) is 0 Å². The van der Waals surface area contributed by atoms with E-state index in [4.69, 9.17) is 4.74 Å². The first-order chi connectivity index (χ1) is 10.5. The van der Waals surface area contributed by atoms with Crippen molar-refractivity contribution in [3.63, 3.8) is 0 Å². The molecule has 114 valence electrons. The van der Waals surface area contributed by atoms with Gasteiger partial charge in [0.05, 0.1) is 5.56 Å². The molecule has 0 spiro atoms. The summed E-state index contributed by atoms with van der Waals surface area (Å²) in [4.78, 5) is 23.4. The number of carbonyl (C=O) groups excluding carboxylic acids is 1. The zero-order valence-corrected chi connectivity index (χ0v) is 12.6. The Morgan fingerprint density at radius 1 is 1.36 bits per heavy atom. The summed E-state index contributed by atoms with van der Waals surface area (Å²) in [6.45, 7) is 2.49. The lowest BCUT2D eigenvalue weighted by Gasteiger charge is -2.08. The number of rotatable bonds is 3. The molecule has 1 aromatic carbocycles. The number of benzene rings is 1. The van der Waals surface area contributed by atoms with Crippen molar-refractivity contribution in [3.8, 4) is 5.75 Å². The van der Waals surface area contributed by atoms with E-state index in [1.54, 1.807) is 7.05 Å². The summed E-state index contributed by atoms with van der Waals surface area (Å²) in [5.74, 6) is 0.737. The summed E-state index contributed by atoms with van der Waals surface area (Å²) in [7, 11) is 1.63. The summed E-state index contributed by atoms with van der Waals surface area (Å²) in [5, 5.41) is 2.87. The van der Waals surface area contributed by atoms with Gasteiger partial charge in [-0.3, -0.25) is 9.59 Å². The molecule has 2 heterocycles. The molecule has 0 bridgehead atoms. The average molecular weight is 298 g/mol. The lowest BCUT2D eigenvalue weighted by Crippen LogP contribution is -2.25. The van der Waals surface area contributed by atoms with Gasteiger partial charge in [0.1, 0.15) is 11.9 Å². The highest BCUT2D eigenvalue weighted by atomic mass is 16.5. The third-order valence-corrected chi connectivity index (χ3v) is 3.76. The molecule has 1 aliphatic rings. The van der Waals surface area contributed by atoms with Crippen LogP contribution in [0.25, 0.3) is 0 Å². The van der Waals surface area contributed by atoms with E-state index in [1.807, 2.05) is 19.1 Å². The number of pyridine rings is 1. The van der Waals surface area contributed by atoms with Crippen molar-refractivity contribution < 1.29 is 9.53 Å². The monoisotopic (exact) mass is 298 g/mol. The van der Waals surface area contributed by atoms with Crippen LogP contribution in [0.15, 0.2) is 41.3 Å². The molecule has 1 aliphatic heterocycles. The van der Waals surface area contributed by atoms with Crippen molar-refractivity contribution in [3.05, 3.63) is 63.6 Å². The lowest BCUT2D eigenvalue weighted by atomic mass is 10.1. The van der Waals surface area contributed by atoms with E-state index in [2.05, 4.69) is 11.4 Å². The molecule has 0 unspecified atom stereocenters. The highest BCUT2D eigenvalue weighted by Gasteiger charge is 2.18. The third-order valence-electron chi connectivity index (χ3n) is 3.76. The van der Waals surface area contributed by atoms with Crippen molar-refractivity contribution in [1.82, 2.24) is 9.88 Å². The van der Waals surface area contributed by atoms with E-state index in [-0.39, 0.29) is 17.6 Å². The number of ether oxygens (including phenoxy) is 1. The fourth-order valence-corrected chi connectivity index (χ4v) is 2.60. The number of fused-ring (bicyclic) bond motifs is 1. The van der Waals surface area contributed by atoms with E-state index < -0.39 is 0 Å². The quantitative estimate of drug-likeness (QED) is 0.937. The summed E-state index contributed by atoms with van der Waals surface area (Å²) in [6.07, 6.45) is 2.65. The summed E-state index contributed by atoms with van der Waals surface area (Å²) in [5.41, 5.74) is 2.56. The van der Waals surface area contributed by atoms with Gasteiger partial charge in [0.25, 0.3) is 5.91 Å². The SMILES string of the molecule is C[C@@H]1Cc2cc(CNC(=O)c3ccc(=O)n(C)c3)ccc2O1. The number of carbonyl (C=O) groups is 1. The number of nitrogens with zero attached hydrogens (tertiary/aromatic N) is 1. The Labute approximate surface area is 128 Å². The third kappa shape index (κ3) is 2.88. The minimum absolute atomic E-state index is 0.135. The molecule has 1 aromatic heterocycles. The van der Waals surface area contributed by atoms with Gasteiger partial charge in [0, 0.05) is 32.3 Å². The standard InChI is InChI=1S/C17H18N2O3/c1-11-7-14-8-12(3-5-15(14)22-11)9-18-17(21)13-4-6-16(20)19(2)10-13/h3-6,8,10-11H,7,9H2,1-2H3,(H,18,21)/t11-/m1/s1. The van der Waals surface area contributed by atoms with Crippen molar-refractivity contribution in [2.75, 3.05) is 0 Å². The topological polar surface area (TPSA) is 60.3 Å². The molecular weight excluding hydrogens is 280 g/mol. The average Bonchev–Trinajstić information content (AvgIpc) is 2.86. The Hall–Kier alpha value is -2.56. The Morgan fingerprint density at radius 3 is 2.95 bits per heavy atom. The number of hydrogen-bond donors (Lipinski definition) is 1. The second kappa shape index (κ2) is 5.67. The Bertz CT molecular complexity index is 780. The van der Waals surface area contributed by atoms with Gasteiger partial charge in [0.2, 0.25) is 5.56 Å². The van der Waals surface area contributed by atoms with Crippen LogP contribution < -0.4 is 15.6 Å². The van der Waals surface area contributed by atoms with Gasteiger partial charge >= 0.3 is 0 Å². The molecular formula is C17H18N2O3. The molecule has 1 atom stereocenters. The summed E-state index contributed by atoms with van der Waals surface area (Å²) in [6, 6.07) is 8.91. The first-order valence-corrected chi connectivity index (χ1v) is 7.26. The van der Waals surface area contributed by atoms with Crippen LogP contribution in [-0.4, -0.2) is 16.6 Å². The van der Waals surface area contributed by atoms with E-state index in [1.165, 1.54) is 28.5 Å². The van der Waals surface area contributed by atoms with Crippen molar-refractivity contribution in [2.24, 2.45) is 7.05 Å². The van der Waals surface area contributed by atoms with Crippen molar-refractivity contribution in [1.29, 1.82) is 0 Å². The maximum Gasteiger partial charge on any atom is 0.253 e. The summed E-state index contributed by atoms with van der Waals surface area (Å²) < 4.78 is 7.05. The largest absolute Gasteiger partial charge is 0.490 e. The molecule has 1 N–H and O–H groups in total. The van der Waals surface area contributed by atoms with Gasteiger partial charge in [-0.25, -0.2) is 0 Å². The number of nitrogens with one attached hydrogen (secondary N) is 1. The van der Waals surface area contributed by atoms with Crippen LogP contribution in [0.3, 0.4) is 0 Å². The van der Waals surface area contributed by atoms with Gasteiger partial charge in [-0.05, 0) is 30.2 Å². The molecule has 0 aliphatic carbocycles. The lowest BCUT2D eigenvalue weighted by molar-refractivity contribution is 0.0950. The minimum atomic E-state index is -0.194. The van der Waals surface area contributed by atoms with Crippen LogP contribution in [-0.2, 0) is 20.0 Å². The minimum Gasteiger partial charge on any atom is -0.490 e. The molecule has 2 aromatic rings. The van der Waals surface area contributed by atoms with E-state index >= 15 is 0 Å². The predicted octanol–water partition coefficient (Wildman–Crippen LogP) is 1.64. The Balaban J connectivity index is 1.67. The maximum absolute atomic E-state index is 12.1. The molecule has 22 heavy (non-hydrogen) atoms. The van der Waals surface area contributed by atoms with E-state index in [0.29, 0.717) is 12.1 Å². The van der Waals surface area contributed by atoms with E-state index in [0.717, 1.165) is 17.7 Å². The second-order valence-corrected chi connectivity index (χ2v) is 5.62. The Kier molecular flexibility index (Phi) is 3.71. The van der Waals surface area contributed by atoms with Gasteiger partial charge in [-0.1, -0.05) is 12.1 Å². The van der Waals surface area contributed by atoms with Crippen LogP contribution in [0.5, 0.6) is 5.75 Å². The molecule has 0 saturated carbocycles. The highest BCUT2D eigenvalue weighted by Crippen LogP contribution is 2.29. The van der Waals surface area contributed by atoms with Crippen LogP contribution in [0, 0.1) is 0 Å². The van der Waals surface area contributed by atoms with Gasteiger partial charge in [0.15, 0.2) is 0 Å². The Morgan fingerprint density at radius 2 is 2.18 bits per heavy atom. The zero-order valence-electron chi connectivity index (χ0n) is 12.6. The van der Waals surface area contributed by atoms with Crippen LogP contribution >= 0.6 is 0 Å². The first kappa shape index (κ1) is 14.4. The van der Waals surface area contributed by atoms with Crippen molar-refractivity contribution >= 4 is 5.91 Å². The number of aromatic nitrogens is 1. The van der Waals surface area contributed by atoms with Gasteiger partial charge in [-0.15, -0.1) is 0 Å². The molecule has 5 heteroatoms. The van der Waals surface area contributed by atoms with Gasteiger partial charge in [-0.2, -0.15) is 0 Å². The predicted molar refractivity (Wildman–Crippen MR) is 83.1 cm³/mol. The first-order valence-electron chi connectivity index (χ1n) is 7.26. The van der Waals surface area contributed by atoms with Gasteiger partial charge < -0.3 is 14.6 Å². The smallest absolute Gasteiger partial charge is 0.253 e. The molecule has 0 fully saturated rings. The molecule has 3 rings (SSSR count). The maximum atomic E-state index is 12.1. The molecule has 5 nitrogen and oxygen atoms in total. The highest BCUT2D eigenvalue weighted by molar-refractivity contribution is 5.93. The van der Waals surface area contributed by atoms with Crippen molar-refractivity contribution in [2.45, 2.75) is 26.0 Å². The molecule has 0 saturated heterocycles.